The SMILES string of the molecule is C[C@@H]1CCC[C@H](C)N1CCCCCN1C(=O)C(c2cc(C(=N)N)ccc2O)Oc2ccccc21. The topological polar surface area (TPSA) is 103 Å². The lowest BCUT2D eigenvalue weighted by atomic mass is 9.97. The summed E-state index contributed by atoms with van der Waals surface area (Å²) < 4.78 is 6.04. The number of benzene rings is 2. The van der Waals surface area contributed by atoms with Gasteiger partial charge >= 0.3 is 0 Å². The van der Waals surface area contributed by atoms with Gasteiger partial charge in [0, 0.05) is 29.8 Å². The maximum absolute atomic E-state index is 13.5. The molecule has 7 heteroatoms. The minimum atomic E-state index is -0.982. The van der Waals surface area contributed by atoms with E-state index in [1.54, 1.807) is 17.0 Å². The number of nitrogens with two attached hydrogens (primary N) is 1. The van der Waals surface area contributed by atoms with E-state index in [4.69, 9.17) is 15.9 Å². The zero-order valence-corrected chi connectivity index (χ0v) is 20.2. The first-order valence-corrected chi connectivity index (χ1v) is 12.4. The number of nitrogens with zero attached hydrogens (tertiary/aromatic N) is 2. The van der Waals surface area contributed by atoms with E-state index in [1.807, 2.05) is 24.3 Å². The van der Waals surface area contributed by atoms with Crippen molar-refractivity contribution in [3.8, 4) is 11.5 Å². The summed E-state index contributed by atoms with van der Waals surface area (Å²) >= 11 is 0. The number of aromatic hydroxyl groups is 1. The Morgan fingerprint density at radius 2 is 1.79 bits per heavy atom. The van der Waals surface area contributed by atoms with Gasteiger partial charge in [0.1, 0.15) is 17.3 Å². The second kappa shape index (κ2) is 10.5. The summed E-state index contributed by atoms with van der Waals surface area (Å²) in [5.41, 5.74) is 7.15. The van der Waals surface area contributed by atoms with Crippen LogP contribution < -0.4 is 15.4 Å². The van der Waals surface area contributed by atoms with Crippen molar-refractivity contribution in [2.45, 2.75) is 70.6 Å². The zero-order valence-electron chi connectivity index (χ0n) is 20.2. The van der Waals surface area contributed by atoms with Crippen LogP contribution in [0.25, 0.3) is 0 Å². The van der Waals surface area contributed by atoms with Crippen LogP contribution in [-0.2, 0) is 4.79 Å². The van der Waals surface area contributed by atoms with Gasteiger partial charge in [-0.2, -0.15) is 0 Å². The summed E-state index contributed by atoms with van der Waals surface area (Å²) in [5.74, 6) is 0.218. The lowest BCUT2D eigenvalue weighted by molar-refractivity contribution is -0.126. The minimum absolute atomic E-state index is 0.0487. The second-order valence-corrected chi connectivity index (χ2v) is 9.57. The van der Waals surface area contributed by atoms with Gasteiger partial charge in [-0.1, -0.05) is 25.0 Å². The Kier molecular flexibility index (Phi) is 7.41. The summed E-state index contributed by atoms with van der Waals surface area (Å²) in [5, 5.41) is 18.2. The van der Waals surface area contributed by atoms with Crippen LogP contribution in [0.2, 0.25) is 0 Å². The molecule has 2 aliphatic rings. The van der Waals surface area contributed by atoms with Gasteiger partial charge in [-0.15, -0.1) is 0 Å². The molecule has 2 aromatic carbocycles. The fraction of sp³-hybridized carbons (Fsp3) is 0.481. The molecule has 0 radical (unpaired) electrons. The van der Waals surface area contributed by atoms with Gasteiger partial charge in [0.05, 0.1) is 5.69 Å². The Morgan fingerprint density at radius 3 is 2.53 bits per heavy atom. The second-order valence-electron chi connectivity index (χ2n) is 9.57. The number of nitrogens with one attached hydrogen (secondary N) is 1. The highest BCUT2D eigenvalue weighted by molar-refractivity contribution is 6.01. The lowest BCUT2D eigenvalue weighted by Gasteiger charge is -2.39. The number of hydrogen-bond donors (Lipinski definition) is 3. The van der Waals surface area contributed by atoms with Crippen LogP contribution in [-0.4, -0.2) is 46.9 Å². The number of piperidine rings is 1. The van der Waals surface area contributed by atoms with Gasteiger partial charge in [-0.3, -0.25) is 15.1 Å². The summed E-state index contributed by atoms with van der Waals surface area (Å²) in [6.45, 7) is 6.35. The number of carbonyl (C=O) groups excluding carboxylic acids is 1. The Labute approximate surface area is 202 Å². The monoisotopic (exact) mass is 464 g/mol. The number of phenolic OH excluding ortho intramolecular Hbond substituents is 1. The molecule has 34 heavy (non-hydrogen) atoms. The number of para-hydroxylation sites is 2. The third-order valence-corrected chi connectivity index (χ3v) is 7.19. The minimum Gasteiger partial charge on any atom is -0.508 e. The molecule has 4 rings (SSSR count). The van der Waals surface area contributed by atoms with E-state index in [-0.39, 0.29) is 17.5 Å². The van der Waals surface area contributed by atoms with E-state index in [1.165, 1.54) is 25.3 Å². The van der Waals surface area contributed by atoms with Gasteiger partial charge in [-0.05, 0) is 76.4 Å². The summed E-state index contributed by atoms with van der Waals surface area (Å²) in [4.78, 5) is 17.9. The lowest BCUT2D eigenvalue weighted by Crippen LogP contribution is -2.44. The average molecular weight is 465 g/mol. The highest BCUT2D eigenvalue weighted by Gasteiger charge is 2.36. The number of amidine groups is 1. The van der Waals surface area contributed by atoms with Crippen LogP contribution >= 0.6 is 0 Å². The molecular formula is C27H36N4O3. The number of amides is 1. The number of fused-ring (bicyclic) bond motifs is 1. The number of anilines is 1. The molecular weight excluding hydrogens is 428 g/mol. The largest absolute Gasteiger partial charge is 0.508 e. The smallest absolute Gasteiger partial charge is 0.273 e. The van der Waals surface area contributed by atoms with Crippen LogP contribution in [0.1, 0.15) is 69.6 Å². The Hall–Kier alpha value is -3.06. The predicted octanol–water partition coefficient (Wildman–Crippen LogP) is 4.58. The molecule has 0 spiro atoms. The van der Waals surface area contributed by atoms with E-state index in [0.29, 0.717) is 35.5 Å². The molecule has 2 aliphatic heterocycles. The average Bonchev–Trinajstić information content (AvgIpc) is 2.81. The van der Waals surface area contributed by atoms with Gasteiger partial charge in [0.25, 0.3) is 5.91 Å². The quantitative estimate of drug-likeness (QED) is 0.302. The standard InChI is InChI=1S/C27H36N4O3/c1-18-9-8-10-19(2)30(18)15-6-3-7-16-31-22-11-4-5-12-24(22)34-25(27(31)33)21-17-20(26(28)29)13-14-23(21)32/h4-5,11-14,17-19,25,32H,3,6-10,15-16H2,1-2H3,(H3,28,29)/t18-,19+,25?. The van der Waals surface area contributed by atoms with Gasteiger partial charge in [-0.25, -0.2) is 0 Å². The molecule has 182 valence electrons. The van der Waals surface area contributed by atoms with Crippen molar-refractivity contribution in [2.75, 3.05) is 18.0 Å². The van der Waals surface area contributed by atoms with Crippen molar-refractivity contribution in [3.05, 3.63) is 53.6 Å². The van der Waals surface area contributed by atoms with Crippen molar-refractivity contribution in [1.82, 2.24) is 4.90 Å². The van der Waals surface area contributed by atoms with Crippen LogP contribution in [0.15, 0.2) is 42.5 Å². The fourth-order valence-electron chi connectivity index (χ4n) is 5.23. The number of phenols is 1. The van der Waals surface area contributed by atoms with Crippen molar-refractivity contribution in [3.63, 3.8) is 0 Å². The molecule has 0 saturated carbocycles. The first kappa shape index (κ1) is 24.1. The molecule has 1 unspecified atom stereocenters. The fourth-order valence-corrected chi connectivity index (χ4v) is 5.23. The molecule has 1 fully saturated rings. The van der Waals surface area contributed by atoms with Gasteiger partial charge in [0.2, 0.25) is 6.10 Å². The highest BCUT2D eigenvalue weighted by Crippen LogP contribution is 2.41. The van der Waals surface area contributed by atoms with Crippen LogP contribution in [0.4, 0.5) is 5.69 Å². The van der Waals surface area contributed by atoms with E-state index >= 15 is 0 Å². The number of likely N-dealkylation sites (tertiary alicyclic amines) is 1. The summed E-state index contributed by atoms with van der Waals surface area (Å²) in [7, 11) is 0. The normalized spacial score (nSPS) is 22.8. The van der Waals surface area contributed by atoms with E-state index in [2.05, 4.69) is 18.7 Å². The van der Waals surface area contributed by atoms with E-state index < -0.39 is 6.10 Å². The Balaban J connectivity index is 1.45. The highest BCUT2D eigenvalue weighted by atomic mass is 16.5. The molecule has 1 amide bonds. The van der Waals surface area contributed by atoms with Crippen LogP contribution in [0.5, 0.6) is 11.5 Å². The van der Waals surface area contributed by atoms with Crippen molar-refractivity contribution >= 4 is 17.4 Å². The Bertz CT molecular complexity index is 1030. The molecule has 3 atom stereocenters. The van der Waals surface area contributed by atoms with E-state index in [9.17, 15) is 9.90 Å². The maximum Gasteiger partial charge on any atom is 0.273 e. The maximum atomic E-state index is 13.5. The third kappa shape index (κ3) is 5.04. The van der Waals surface area contributed by atoms with Crippen molar-refractivity contribution < 1.29 is 14.6 Å². The summed E-state index contributed by atoms with van der Waals surface area (Å²) in [6, 6.07) is 13.4. The third-order valence-electron chi connectivity index (χ3n) is 7.19. The molecule has 1 saturated heterocycles. The Morgan fingerprint density at radius 1 is 1.09 bits per heavy atom. The van der Waals surface area contributed by atoms with E-state index in [0.717, 1.165) is 31.5 Å². The summed E-state index contributed by atoms with van der Waals surface area (Å²) in [6.07, 6.45) is 5.94. The van der Waals surface area contributed by atoms with Crippen LogP contribution in [0.3, 0.4) is 0 Å². The number of unbranched alkanes of at least 4 members (excludes halogenated alkanes) is 2. The molecule has 0 aromatic heterocycles. The number of hydrogen-bond acceptors (Lipinski definition) is 5. The number of nitrogen functional groups attached to an aromatic ring is 1. The first-order valence-electron chi connectivity index (χ1n) is 12.4. The predicted molar refractivity (Wildman–Crippen MR) is 135 cm³/mol. The molecule has 0 bridgehead atoms. The van der Waals surface area contributed by atoms with Crippen molar-refractivity contribution in [1.29, 1.82) is 5.41 Å². The zero-order chi connectivity index (χ0) is 24.2. The first-order chi connectivity index (χ1) is 16.4. The molecule has 2 aromatic rings. The number of rotatable bonds is 8. The molecule has 7 nitrogen and oxygen atoms in total. The molecule has 4 N–H and O–H groups in total. The van der Waals surface area contributed by atoms with Crippen molar-refractivity contribution in [2.24, 2.45) is 5.73 Å². The number of ether oxygens (including phenoxy) is 1. The number of carbonyl (C=O) groups is 1. The van der Waals surface area contributed by atoms with Gasteiger partial charge < -0.3 is 20.5 Å². The van der Waals surface area contributed by atoms with Crippen LogP contribution in [0, 0.1) is 5.41 Å². The molecule has 0 aliphatic carbocycles. The van der Waals surface area contributed by atoms with Gasteiger partial charge in [0.15, 0.2) is 0 Å². The molecule has 2 heterocycles.